The van der Waals surface area contributed by atoms with Crippen LogP contribution in [0.5, 0.6) is 0 Å². The number of nitrogens with one attached hydrogen (secondary N) is 1. The maximum absolute atomic E-state index is 5.49. The molecule has 0 bridgehead atoms. The first-order valence-corrected chi connectivity index (χ1v) is 7.85. The molecule has 20 heavy (non-hydrogen) atoms. The van der Waals surface area contributed by atoms with Gasteiger partial charge in [-0.2, -0.15) is 0 Å². The minimum absolute atomic E-state index is 0.782. The van der Waals surface area contributed by atoms with Crippen LogP contribution in [0.3, 0.4) is 0 Å². The molecule has 0 spiro atoms. The zero-order valence-corrected chi connectivity index (χ0v) is 12.6. The molecule has 1 saturated heterocycles. The molecule has 2 rings (SSSR count). The van der Waals surface area contributed by atoms with Crippen LogP contribution in [-0.4, -0.2) is 50.7 Å². The number of piperazine rings is 1. The van der Waals surface area contributed by atoms with Crippen molar-refractivity contribution in [2.45, 2.75) is 19.8 Å². The largest absolute Gasteiger partial charge is 0.385 e. The zero-order valence-electron chi connectivity index (χ0n) is 12.6. The minimum Gasteiger partial charge on any atom is -0.385 e. The Morgan fingerprint density at radius 3 is 2.35 bits per heavy atom. The molecule has 0 aliphatic carbocycles. The zero-order chi connectivity index (χ0) is 14.2. The summed E-state index contributed by atoms with van der Waals surface area (Å²) in [5.74, 6) is 0. The number of rotatable bonds is 7. The number of nitrogens with two attached hydrogens (primary N) is 1. The van der Waals surface area contributed by atoms with Gasteiger partial charge in [-0.25, -0.2) is 0 Å². The molecule has 0 radical (unpaired) electrons. The number of hydrogen-bond donors (Lipinski definition) is 2. The summed E-state index contributed by atoms with van der Waals surface area (Å²) in [6.45, 7) is 9.82. The van der Waals surface area contributed by atoms with E-state index in [1.165, 1.54) is 31.0 Å². The van der Waals surface area contributed by atoms with Gasteiger partial charge in [0.05, 0.1) is 0 Å². The first kappa shape index (κ1) is 15.1. The van der Waals surface area contributed by atoms with E-state index in [1.54, 1.807) is 0 Å². The second-order valence-electron chi connectivity index (χ2n) is 5.39. The van der Waals surface area contributed by atoms with Gasteiger partial charge >= 0.3 is 0 Å². The number of unbranched alkanes of at least 4 members (excludes halogenated alkanes) is 1. The Morgan fingerprint density at radius 2 is 1.75 bits per heavy atom. The van der Waals surface area contributed by atoms with Crippen LogP contribution in [0.25, 0.3) is 0 Å². The fourth-order valence-electron chi connectivity index (χ4n) is 2.61. The highest BCUT2D eigenvalue weighted by Gasteiger charge is 2.15. The van der Waals surface area contributed by atoms with Gasteiger partial charge in [-0.05, 0) is 50.2 Å². The SMILES string of the molecule is CCN1CCN(c2ccc(NCCCCN)cc2)CC1. The molecule has 0 amide bonds. The van der Waals surface area contributed by atoms with Crippen molar-refractivity contribution in [3.63, 3.8) is 0 Å². The summed E-state index contributed by atoms with van der Waals surface area (Å²) in [5, 5.41) is 3.44. The van der Waals surface area contributed by atoms with Crippen LogP contribution < -0.4 is 16.0 Å². The van der Waals surface area contributed by atoms with E-state index in [-0.39, 0.29) is 0 Å². The summed E-state index contributed by atoms with van der Waals surface area (Å²) in [7, 11) is 0. The monoisotopic (exact) mass is 276 g/mol. The summed E-state index contributed by atoms with van der Waals surface area (Å²) >= 11 is 0. The molecule has 3 N–H and O–H groups in total. The summed E-state index contributed by atoms with van der Waals surface area (Å²) in [5.41, 5.74) is 8.04. The van der Waals surface area contributed by atoms with Gasteiger partial charge in [0.2, 0.25) is 0 Å². The minimum atomic E-state index is 0.782. The van der Waals surface area contributed by atoms with E-state index in [9.17, 15) is 0 Å². The smallest absolute Gasteiger partial charge is 0.0368 e. The summed E-state index contributed by atoms with van der Waals surface area (Å²) in [6, 6.07) is 8.83. The molecule has 4 nitrogen and oxygen atoms in total. The highest BCUT2D eigenvalue weighted by Crippen LogP contribution is 2.19. The highest BCUT2D eigenvalue weighted by atomic mass is 15.3. The van der Waals surface area contributed by atoms with Crippen molar-refractivity contribution in [3.05, 3.63) is 24.3 Å². The van der Waals surface area contributed by atoms with Crippen molar-refractivity contribution in [2.24, 2.45) is 5.73 Å². The van der Waals surface area contributed by atoms with Crippen LogP contribution in [-0.2, 0) is 0 Å². The van der Waals surface area contributed by atoms with Crippen molar-refractivity contribution in [1.82, 2.24) is 4.90 Å². The third-order valence-corrected chi connectivity index (χ3v) is 4.01. The van der Waals surface area contributed by atoms with Crippen LogP contribution >= 0.6 is 0 Å². The Labute approximate surface area is 122 Å². The average Bonchev–Trinajstić information content (AvgIpc) is 2.52. The van der Waals surface area contributed by atoms with Gasteiger partial charge in [-0.15, -0.1) is 0 Å². The Bertz CT molecular complexity index is 369. The number of anilines is 2. The number of hydrogen-bond acceptors (Lipinski definition) is 4. The second kappa shape index (κ2) is 8.12. The van der Waals surface area contributed by atoms with Crippen LogP contribution in [0, 0.1) is 0 Å². The van der Waals surface area contributed by atoms with Crippen molar-refractivity contribution < 1.29 is 0 Å². The van der Waals surface area contributed by atoms with E-state index in [4.69, 9.17) is 5.73 Å². The van der Waals surface area contributed by atoms with Gasteiger partial charge in [-0.1, -0.05) is 6.92 Å². The van der Waals surface area contributed by atoms with E-state index in [0.29, 0.717) is 0 Å². The highest BCUT2D eigenvalue weighted by molar-refractivity contribution is 5.55. The number of benzene rings is 1. The molecular formula is C16H28N4. The third kappa shape index (κ3) is 4.39. The molecule has 0 unspecified atom stereocenters. The first-order chi connectivity index (χ1) is 9.83. The molecule has 1 aliphatic heterocycles. The standard InChI is InChI=1S/C16H28N4/c1-2-19-11-13-20(14-12-19)16-7-5-15(6-8-16)18-10-4-3-9-17/h5-8,18H,2-4,9-14,17H2,1H3. The van der Waals surface area contributed by atoms with Gasteiger partial charge in [0.25, 0.3) is 0 Å². The molecule has 112 valence electrons. The summed E-state index contributed by atoms with van der Waals surface area (Å²) < 4.78 is 0. The lowest BCUT2D eigenvalue weighted by molar-refractivity contribution is 0.271. The Morgan fingerprint density at radius 1 is 1.05 bits per heavy atom. The van der Waals surface area contributed by atoms with Crippen LogP contribution in [0.4, 0.5) is 11.4 Å². The van der Waals surface area contributed by atoms with Gasteiger partial charge in [0.15, 0.2) is 0 Å². The van der Waals surface area contributed by atoms with Crippen molar-refractivity contribution in [3.8, 4) is 0 Å². The lowest BCUT2D eigenvalue weighted by Crippen LogP contribution is -2.46. The summed E-state index contributed by atoms with van der Waals surface area (Å²) in [4.78, 5) is 4.98. The van der Waals surface area contributed by atoms with Gasteiger partial charge in [0.1, 0.15) is 0 Å². The number of likely N-dealkylation sites (N-methyl/N-ethyl adjacent to an activating group) is 1. The van der Waals surface area contributed by atoms with Crippen LogP contribution in [0.15, 0.2) is 24.3 Å². The molecule has 0 atom stereocenters. The Hall–Kier alpha value is -1.26. The van der Waals surface area contributed by atoms with E-state index in [1.807, 2.05) is 0 Å². The van der Waals surface area contributed by atoms with E-state index >= 15 is 0 Å². The maximum Gasteiger partial charge on any atom is 0.0368 e. The molecule has 1 heterocycles. The van der Waals surface area contributed by atoms with Crippen LogP contribution in [0.2, 0.25) is 0 Å². The molecule has 1 aromatic rings. The molecular weight excluding hydrogens is 248 g/mol. The predicted molar refractivity (Wildman–Crippen MR) is 87.5 cm³/mol. The maximum atomic E-state index is 5.49. The van der Waals surface area contributed by atoms with E-state index < -0.39 is 0 Å². The normalized spacial score (nSPS) is 16.4. The third-order valence-electron chi connectivity index (χ3n) is 4.01. The fraction of sp³-hybridized carbons (Fsp3) is 0.625. The quantitative estimate of drug-likeness (QED) is 0.748. The van der Waals surface area contributed by atoms with Gasteiger partial charge < -0.3 is 20.9 Å². The fourth-order valence-corrected chi connectivity index (χ4v) is 2.61. The molecule has 4 heteroatoms. The number of nitrogens with zero attached hydrogens (tertiary/aromatic N) is 2. The predicted octanol–water partition coefficient (Wildman–Crippen LogP) is 1.98. The molecule has 0 aromatic heterocycles. The second-order valence-corrected chi connectivity index (χ2v) is 5.39. The lowest BCUT2D eigenvalue weighted by Gasteiger charge is -2.35. The average molecular weight is 276 g/mol. The molecule has 1 aromatic carbocycles. The molecule has 0 saturated carbocycles. The topological polar surface area (TPSA) is 44.5 Å². The van der Waals surface area contributed by atoms with E-state index in [2.05, 4.69) is 46.3 Å². The van der Waals surface area contributed by atoms with Crippen molar-refractivity contribution >= 4 is 11.4 Å². The van der Waals surface area contributed by atoms with Crippen molar-refractivity contribution in [2.75, 3.05) is 56.0 Å². The molecule has 1 fully saturated rings. The Balaban J connectivity index is 1.79. The first-order valence-electron chi connectivity index (χ1n) is 7.85. The van der Waals surface area contributed by atoms with Crippen molar-refractivity contribution in [1.29, 1.82) is 0 Å². The van der Waals surface area contributed by atoms with Gasteiger partial charge in [-0.3, -0.25) is 0 Å². The lowest BCUT2D eigenvalue weighted by atomic mass is 10.2. The Kier molecular flexibility index (Phi) is 6.15. The summed E-state index contributed by atoms with van der Waals surface area (Å²) in [6.07, 6.45) is 2.23. The molecule has 1 aliphatic rings. The van der Waals surface area contributed by atoms with Gasteiger partial charge in [0, 0.05) is 44.1 Å². The van der Waals surface area contributed by atoms with E-state index in [0.717, 1.165) is 39.0 Å². The van der Waals surface area contributed by atoms with Crippen LogP contribution in [0.1, 0.15) is 19.8 Å².